The third-order valence-corrected chi connectivity index (χ3v) is 5.34. The summed E-state index contributed by atoms with van der Waals surface area (Å²) < 4.78 is 0. The number of likely N-dealkylation sites (tertiary alicyclic amines) is 1. The molecule has 2 heterocycles. The monoisotopic (exact) mass is 317 g/mol. The molecular formula is C20H35N3. The summed E-state index contributed by atoms with van der Waals surface area (Å²) in [5.74, 6) is 0.531. The van der Waals surface area contributed by atoms with Crippen LogP contribution in [-0.4, -0.2) is 66.1 Å². The number of rotatable bonds is 6. The second-order valence-corrected chi connectivity index (χ2v) is 7.44. The van der Waals surface area contributed by atoms with Gasteiger partial charge in [0.15, 0.2) is 0 Å². The van der Waals surface area contributed by atoms with E-state index in [4.69, 9.17) is 0 Å². The van der Waals surface area contributed by atoms with Gasteiger partial charge < -0.3 is 4.90 Å². The second-order valence-electron chi connectivity index (χ2n) is 7.44. The van der Waals surface area contributed by atoms with Crippen LogP contribution in [0.5, 0.6) is 0 Å². The fourth-order valence-electron chi connectivity index (χ4n) is 3.51. The number of hydrogen-bond donors (Lipinski definition) is 0. The van der Waals surface area contributed by atoms with Crippen LogP contribution < -0.4 is 0 Å². The van der Waals surface area contributed by atoms with Gasteiger partial charge in [-0.05, 0) is 38.3 Å². The predicted molar refractivity (Wildman–Crippen MR) is 101 cm³/mol. The van der Waals surface area contributed by atoms with E-state index in [9.17, 15) is 0 Å². The summed E-state index contributed by atoms with van der Waals surface area (Å²) in [4.78, 5) is 7.78. The van der Waals surface area contributed by atoms with E-state index >= 15 is 0 Å². The lowest BCUT2D eigenvalue weighted by Gasteiger charge is -2.50. The Labute approximate surface area is 143 Å². The molecule has 0 aromatic heterocycles. The van der Waals surface area contributed by atoms with Crippen LogP contribution in [0.25, 0.3) is 0 Å². The van der Waals surface area contributed by atoms with Crippen LogP contribution in [0, 0.1) is 5.92 Å². The molecule has 130 valence electrons. The molecule has 0 aromatic carbocycles. The van der Waals surface area contributed by atoms with Gasteiger partial charge in [-0.3, -0.25) is 9.80 Å². The third-order valence-electron chi connectivity index (χ3n) is 5.34. The lowest BCUT2D eigenvalue weighted by molar-refractivity contribution is 0.0157. The molecule has 2 rings (SSSR count). The molecule has 0 unspecified atom stereocenters. The second kappa shape index (κ2) is 8.16. The number of piperazine rings is 1. The van der Waals surface area contributed by atoms with Crippen molar-refractivity contribution in [3.8, 4) is 0 Å². The van der Waals surface area contributed by atoms with Gasteiger partial charge in [-0.15, -0.1) is 0 Å². The maximum Gasteiger partial charge on any atom is 0.0447 e. The smallest absolute Gasteiger partial charge is 0.0447 e. The first-order chi connectivity index (χ1) is 11.0. The highest BCUT2D eigenvalue weighted by atomic mass is 15.4. The standard InChI is InChI=1S/C20H35N3/c1-7-18(16(3)4)13-19(8-2)23-14-20(15-23)22-11-9-21(10-12-22)17(5)6/h7-8,13,16-17,20H,1,9-12,14-15H2,2-6H3/b18-13+,19-8+. The number of hydrogen-bond acceptors (Lipinski definition) is 3. The molecule has 23 heavy (non-hydrogen) atoms. The fraction of sp³-hybridized carbons (Fsp3) is 0.700. The van der Waals surface area contributed by atoms with Crippen LogP contribution in [0.1, 0.15) is 34.6 Å². The van der Waals surface area contributed by atoms with Crippen LogP contribution in [0.2, 0.25) is 0 Å². The molecule has 2 saturated heterocycles. The fourth-order valence-corrected chi connectivity index (χ4v) is 3.51. The Morgan fingerprint density at radius 2 is 1.65 bits per heavy atom. The van der Waals surface area contributed by atoms with E-state index in [2.05, 4.69) is 68.0 Å². The first-order valence-corrected chi connectivity index (χ1v) is 9.19. The minimum absolute atomic E-state index is 0.531. The first-order valence-electron chi connectivity index (χ1n) is 9.19. The van der Waals surface area contributed by atoms with Gasteiger partial charge in [-0.1, -0.05) is 32.6 Å². The molecule has 0 bridgehead atoms. The van der Waals surface area contributed by atoms with Gasteiger partial charge in [-0.2, -0.15) is 0 Å². The molecule has 3 nitrogen and oxygen atoms in total. The molecule has 2 aliphatic rings. The van der Waals surface area contributed by atoms with Crippen LogP contribution in [0.4, 0.5) is 0 Å². The van der Waals surface area contributed by atoms with E-state index < -0.39 is 0 Å². The Hall–Kier alpha value is -1.06. The minimum Gasteiger partial charge on any atom is -0.369 e. The van der Waals surface area contributed by atoms with Crippen LogP contribution in [0.3, 0.4) is 0 Å². The molecule has 2 aliphatic heterocycles. The zero-order valence-corrected chi connectivity index (χ0v) is 15.8. The average molecular weight is 318 g/mol. The van der Waals surface area contributed by atoms with E-state index in [1.54, 1.807) is 0 Å². The van der Waals surface area contributed by atoms with Crippen molar-refractivity contribution >= 4 is 0 Å². The summed E-state index contributed by atoms with van der Waals surface area (Å²) in [7, 11) is 0. The molecule has 2 fully saturated rings. The van der Waals surface area contributed by atoms with Crippen molar-refractivity contribution in [1.29, 1.82) is 0 Å². The van der Waals surface area contributed by atoms with E-state index in [1.807, 2.05) is 6.08 Å². The molecule has 0 amide bonds. The first kappa shape index (κ1) is 18.3. The maximum absolute atomic E-state index is 3.96. The topological polar surface area (TPSA) is 9.72 Å². The highest BCUT2D eigenvalue weighted by Crippen LogP contribution is 2.24. The molecule has 3 heteroatoms. The SMILES string of the molecule is C=C/C(=C\C(=C/C)N1CC(N2CCN(C(C)C)CC2)C1)C(C)C. The summed E-state index contributed by atoms with van der Waals surface area (Å²) >= 11 is 0. The van der Waals surface area contributed by atoms with Crippen LogP contribution in [0.15, 0.2) is 36.1 Å². The van der Waals surface area contributed by atoms with Gasteiger partial charge in [0.1, 0.15) is 0 Å². The van der Waals surface area contributed by atoms with Crippen LogP contribution >= 0.6 is 0 Å². The summed E-state index contributed by atoms with van der Waals surface area (Å²) in [5, 5.41) is 0. The lowest BCUT2D eigenvalue weighted by atomic mass is 9.99. The Morgan fingerprint density at radius 3 is 2.09 bits per heavy atom. The normalized spacial score (nSPS) is 22.8. The molecule has 0 aliphatic carbocycles. The lowest BCUT2D eigenvalue weighted by Crippen LogP contribution is -2.62. The van der Waals surface area contributed by atoms with Crippen molar-refractivity contribution in [2.24, 2.45) is 5.92 Å². The Morgan fingerprint density at radius 1 is 1.04 bits per heavy atom. The van der Waals surface area contributed by atoms with Gasteiger partial charge in [0, 0.05) is 57.0 Å². The summed E-state index contributed by atoms with van der Waals surface area (Å²) in [6.07, 6.45) is 6.54. The van der Waals surface area contributed by atoms with Crippen LogP contribution in [-0.2, 0) is 0 Å². The van der Waals surface area contributed by atoms with Crippen molar-refractivity contribution in [3.05, 3.63) is 36.1 Å². The van der Waals surface area contributed by atoms with Crippen molar-refractivity contribution in [1.82, 2.24) is 14.7 Å². The molecule has 0 spiro atoms. The maximum atomic E-state index is 3.96. The van der Waals surface area contributed by atoms with Gasteiger partial charge in [0.2, 0.25) is 0 Å². The molecular weight excluding hydrogens is 282 g/mol. The Balaban J connectivity index is 1.85. The van der Waals surface area contributed by atoms with E-state index in [0.717, 1.165) is 6.04 Å². The zero-order valence-electron chi connectivity index (χ0n) is 15.8. The highest BCUT2D eigenvalue weighted by Gasteiger charge is 2.34. The summed E-state index contributed by atoms with van der Waals surface area (Å²) in [6.45, 7) is 22.4. The quantitative estimate of drug-likeness (QED) is 0.696. The molecule has 0 saturated carbocycles. The van der Waals surface area contributed by atoms with Gasteiger partial charge >= 0.3 is 0 Å². The van der Waals surface area contributed by atoms with Crippen molar-refractivity contribution in [2.45, 2.75) is 46.7 Å². The van der Waals surface area contributed by atoms with Crippen molar-refractivity contribution in [3.63, 3.8) is 0 Å². The molecule has 0 atom stereocenters. The zero-order chi connectivity index (χ0) is 17.0. The number of allylic oxidation sites excluding steroid dienone is 4. The van der Waals surface area contributed by atoms with Crippen molar-refractivity contribution < 1.29 is 0 Å². The Bertz CT molecular complexity index is 448. The van der Waals surface area contributed by atoms with E-state index in [1.165, 1.54) is 50.5 Å². The molecule has 0 aromatic rings. The van der Waals surface area contributed by atoms with Gasteiger partial charge in [0.05, 0.1) is 0 Å². The van der Waals surface area contributed by atoms with E-state index in [-0.39, 0.29) is 0 Å². The summed E-state index contributed by atoms with van der Waals surface area (Å²) in [6, 6.07) is 1.42. The average Bonchev–Trinajstić information content (AvgIpc) is 2.49. The molecule has 0 radical (unpaired) electrons. The molecule has 0 N–H and O–H groups in total. The Kier molecular flexibility index (Phi) is 6.49. The number of nitrogens with zero attached hydrogens (tertiary/aromatic N) is 3. The van der Waals surface area contributed by atoms with Gasteiger partial charge in [0.25, 0.3) is 0 Å². The van der Waals surface area contributed by atoms with Gasteiger partial charge in [-0.25, -0.2) is 0 Å². The summed E-state index contributed by atoms with van der Waals surface area (Å²) in [5.41, 5.74) is 2.68. The van der Waals surface area contributed by atoms with Crippen molar-refractivity contribution in [2.75, 3.05) is 39.3 Å². The predicted octanol–water partition coefficient (Wildman–Crippen LogP) is 3.37. The highest BCUT2D eigenvalue weighted by molar-refractivity contribution is 5.30. The minimum atomic E-state index is 0.531. The largest absolute Gasteiger partial charge is 0.369 e. The third kappa shape index (κ3) is 4.48. The van der Waals surface area contributed by atoms with E-state index in [0.29, 0.717) is 12.0 Å².